The predicted molar refractivity (Wildman–Crippen MR) is 145 cm³/mol. The molecule has 0 amide bonds. The molecule has 0 atom stereocenters. The predicted octanol–water partition coefficient (Wildman–Crippen LogP) is -1.02. The van der Waals surface area contributed by atoms with E-state index < -0.39 is 43.7 Å². The topological polar surface area (TPSA) is 71.8 Å². The summed E-state index contributed by atoms with van der Waals surface area (Å²) in [6.45, 7) is 0. The number of benzene rings is 1. The molecule has 1 aliphatic rings. The molecule has 3 heterocycles. The van der Waals surface area contributed by atoms with Crippen LogP contribution >= 0.6 is 0 Å². The summed E-state index contributed by atoms with van der Waals surface area (Å²) in [6.07, 6.45) is 0.650. The van der Waals surface area contributed by atoms with Gasteiger partial charge in [0.1, 0.15) is 6.33 Å². The first-order valence-electron chi connectivity index (χ1n) is 10.6. The van der Waals surface area contributed by atoms with Gasteiger partial charge in [0.05, 0.1) is 90.2 Å². The summed E-state index contributed by atoms with van der Waals surface area (Å²) < 4.78 is 43.0. The van der Waals surface area contributed by atoms with Crippen molar-refractivity contribution in [3.05, 3.63) is 48.7 Å². The average Bonchev–Trinajstić information content (AvgIpc) is 3.26. The van der Waals surface area contributed by atoms with Crippen LogP contribution in [0.3, 0.4) is 0 Å². The molecule has 1 aromatic carbocycles. The minimum absolute atomic E-state index is 0.111. The minimum Gasteiger partial charge on any atom is -0.397 e. The molecule has 1 fully saturated rings. The third-order valence-corrected chi connectivity index (χ3v) is 6.47. The highest BCUT2D eigenvalue weighted by Crippen LogP contribution is 2.69. The molecular formula is C18H8B10F3N7. The summed E-state index contributed by atoms with van der Waals surface area (Å²) in [5.41, 5.74) is -1.83. The Labute approximate surface area is 230 Å². The quantitative estimate of drug-likeness (QED) is 0.476. The van der Waals surface area contributed by atoms with Gasteiger partial charge in [-0.25, -0.2) is 4.98 Å². The van der Waals surface area contributed by atoms with Crippen molar-refractivity contribution in [2.45, 2.75) is 32.5 Å². The van der Waals surface area contributed by atoms with E-state index in [1.165, 1.54) is 29.6 Å². The molecule has 20 heteroatoms. The second-order valence-electron chi connectivity index (χ2n) is 9.06. The Morgan fingerprint density at radius 1 is 0.763 bits per heavy atom. The van der Waals surface area contributed by atoms with Gasteiger partial charge in [0.15, 0.2) is 5.82 Å². The van der Waals surface area contributed by atoms with Gasteiger partial charge in [0, 0.05) is 23.8 Å². The normalized spacial score (nSPS) is 21.0. The van der Waals surface area contributed by atoms with Crippen molar-refractivity contribution < 1.29 is 13.2 Å². The number of rotatable bonds is 4. The molecule has 1 N–H and O–H groups in total. The Kier molecular flexibility index (Phi) is 6.56. The van der Waals surface area contributed by atoms with E-state index in [2.05, 4.69) is 25.4 Å². The van der Waals surface area contributed by atoms with Crippen LogP contribution in [0.2, 0.25) is 15.6 Å². The maximum Gasteiger partial charge on any atom is 0.416 e. The fourth-order valence-corrected chi connectivity index (χ4v) is 4.05. The van der Waals surface area contributed by atoms with E-state index in [1.54, 1.807) is 0 Å². The molecule has 1 saturated heterocycles. The second kappa shape index (κ2) is 8.74. The zero-order chi connectivity index (χ0) is 28.5. The Balaban J connectivity index is 1.85. The number of aromatic nitrogens is 5. The maximum absolute atomic E-state index is 13.9. The number of anilines is 3. The monoisotopic (exact) mass is 489 g/mol. The Morgan fingerprint density at radius 3 is 1.89 bits per heavy atom. The van der Waals surface area contributed by atoms with Crippen molar-refractivity contribution in [1.82, 2.24) is 24.7 Å². The first-order chi connectivity index (χ1) is 17.2. The summed E-state index contributed by atoms with van der Waals surface area (Å²) in [4.78, 5) is 12.6. The maximum atomic E-state index is 13.9. The van der Waals surface area contributed by atoms with Crippen molar-refractivity contribution in [3.63, 3.8) is 0 Å². The standard InChI is InChI=1S/C18H8B10F3N7/c19-14(20)15(21,22)17(25,26)38(18(27,28)16(14,23)24)10-4-8(13(29,30)31)3-9(5-10)35-12-34-7-37(36-12)11-6-32-1-2-33-11/h1-7H,(H,35,36). The summed E-state index contributed by atoms with van der Waals surface area (Å²) in [5.74, 6) is 0.190. The molecule has 20 radical (unpaired) electrons. The van der Waals surface area contributed by atoms with Crippen LogP contribution in [0.5, 0.6) is 0 Å². The molecule has 0 bridgehead atoms. The van der Waals surface area contributed by atoms with Gasteiger partial charge in [-0.05, 0) is 28.9 Å². The highest BCUT2D eigenvalue weighted by Gasteiger charge is 2.64. The van der Waals surface area contributed by atoms with E-state index >= 15 is 0 Å². The third kappa shape index (κ3) is 4.13. The molecule has 1 aliphatic heterocycles. The van der Waals surface area contributed by atoms with Crippen LogP contribution in [0.15, 0.2) is 43.1 Å². The molecule has 0 unspecified atom stereocenters. The number of hydrogen-bond donors (Lipinski definition) is 1. The fourth-order valence-electron chi connectivity index (χ4n) is 4.05. The van der Waals surface area contributed by atoms with Crippen LogP contribution in [-0.2, 0) is 6.18 Å². The van der Waals surface area contributed by atoms with E-state index in [4.69, 9.17) is 78.5 Å². The fraction of sp³-hybridized carbons (Fsp3) is 0.333. The lowest BCUT2D eigenvalue weighted by Gasteiger charge is -2.79. The SMILES string of the molecule is [B]C1([B])N(c2cc(Nc3ncn(-c4cnccn4)n3)cc(C(F)(F)F)c2)C([B])([B])C([B])([B])C([B])([B])C1([B])[B]. The minimum atomic E-state index is -4.87. The number of alkyl halides is 3. The largest absolute Gasteiger partial charge is 0.416 e. The lowest BCUT2D eigenvalue weighted by molar-refractivity contribution is -0.137. The summed E-state index contributed by atoms with van der Waals surface area (Å²) >= 11 is 0. The molecule has 3 aromatic rings. The van der Waals surface area contributed by atoms with E-state index in [0.717, 1.165) is 12.1 Å². The van der Waals surface area contributed by atoms with Crippen LogP contribution in [-0.4, -0.2) is 114 Å². The van der Waals surface area contributed by atoms with E-state index in [1.807, 2.05) is 0 Å². The van der Waals surface area contributed by atoms with Gasteiger partial charge in [-0.2, -0.15) is 22.8 Å². The Bertz CT molecular complexity index is 1320. The number of hydrogen-bond acceptors (Lipinski definition) is 6. The van der Waals surface area contributed by atoms with E-state index in [0.29, 0.717) is 16.8 Å². The van der Waals surface area contributed by atoms with Crippen LogP contribution in [0, 0.1) is 0 Å². The lowest BCUT2D eigenvalue weighted by Crippen LogP contribution is -2.81. The highest BCUT2D eigenvalue weighted by atomic mass is 19.4. The van der Waals surface area contributed by atoms with Gasteiger partial charge < -0.3 is 10.2 Å². The lowest BCUT2D eigenvalue weighted by atomic mass is 9.05. The number of nitrogens with one attached hydrogen (secondary N) is 1. The molecule has 38 heavy (non-hydrogen) atoms. The van der Waals surface area contributed by atoms with Crippen molar-refractivity contribution in [3.8, 4) is 5.82 Å². The first kappa shape index (κ1) is 28.5. The zero-order valence-electron chi connectivity index (χ0n) is 19.6. The number of halogens is 3. The van der Waals surface area contributed by atoms with Crippen LogP contribution in [0.4, 0.5) is 30.5 Å². The van der Waals surface area contributed by atoms with Crippen molar-refractivity contribution in [2.24, 2.45) is 0 Å². The van der Waals surface area contributed by atoms with Gasteiger partial charge in [0.2, 0.25) is 5.95 Å². The van der Waals surface area contributed by atoms with Gasteiger partial charge in [-0.1, -0.05) is 0 Å². The molecule has 7 nitrogen and oxygen atoms in total. The molecule has 0 spiro atoms. The van der Waals surface area contributed by atoms with Crippen molar-refractivity contribution in [2.75, 3.05) is 10.2 Å². The highest BCUT2D eigenvalue weighted by molar-refractivity contribution is 6.71. The Morgan fingerprint density at radius 2 is 1.37 bits per heavy atom. The number of nitrogens with zero attached hydrogens (tertiary/aromatic N) is 6. The van der Waals surface area contributed by atoms with Crippen molar-refractivity contribution in [1.29, 1.82) is 0 Å². The number of piperidine rings is 1. The third-order valence-electron chi connectivity index (χ3n) is 6.47. The van der Waals surface area contributed by atoms with E-state index in [9.17, 15) is 13.2 Å². The molecule has 166 valence electrons. The smallest absolute Gasteiger partial charge is 0.397 e. The van der Waals surface area contributed by atoms with E-state index in [-0.39, 0.29) is 11.6 Å². The van der Waals surface area contributed by atoms with Gasteiger partial charge in [-0.15, -0.1) is 20.7 Å². The Hall–Kier alpha value is -2.52. The van der Waals surface area contributed by atoms with Crippen molar-refractivity contribution >= 4 is 95.8 Å². The van der Waals surface area contributed by atoms with Crippen LogP contribution in [0.25, 0.3) is 5.82 Å². The molecular weight excluding hydrogens is 479 g/mol. The average molecular weight is 487 g/mol. The summed E-state index contributed by atoms with van der Waals surface area (Å²) in [6, 6.07) is 2.52. The summed E-state index contributed by atoms with van der Waals surface area (Å²) in [5, 5.41) is -6.10. The summed E-state index contributed by atoms with van der Waals surface area (Å²) in [7, 11) is 61.3. The zero-order valence-corrected chi connectivity index (χ0v) is 19.6. The van der Waals surface area contributed by atoms with Gasteiger partial charge in [-0.3, -0.25) is 4.98 Å². The molecule has 4 rings (SSSR count). The molecule has 0 saturated carbocycles. The van der Waals surface area contributed by atoms with Gasteiger partial charge >= 0.3 is 6.18 Å². The first-order valence-corrected chi connectivity index (χ1v) is 10.6. The molecule has 2 aromatic heterocycles. The van der Waals surface area contributed by atoms with Gasteiger partial charge in [0.25, 0.3) is 0 Å². The molecule has 0 aliphatic carbocycles. The van der Waals surface area contributed by atoms with Crippen LogP contribution < -0.4 is 10.2 Å². The van der Waals surface area contributed by atoms with Crippen LogP contribution in [0.1, 0.15) is 5.56 Å². The second-order valence-corrected chi connectivity index (χ2v) is 9.06.